The molecule has 0 saturated heterocycles. The smallest absolute Gasteiger partial charge is 0.337 e. The van der Waals surface area contributed by atoms with E-state index >= 15 is 0 Å². The number of amides is 1. The molecule has 2 heterocycles. The number of carboxylic acid groups (broad SMARTS) is 1. The van der Waals surface area contributed by atoms with Gasteiger partial charge in [0.15, 0.2) is 11.0 Å². The fraction of sp³-hybridized carbons (Fsp3) is 0. The second kappa shape index (κ2) is 4.89. The van der Waals surface area contributed by atoms with E-state index in [0.717, 1.165) is 0 Å². The molecule has 2 N–H and O–H groups in total. The fourth-order valence-electron chi connectivity index (χ4n) is 1.25. The summed E-state index contributed by atoms with van der Waals surface area (Å²) in [4.78, 5) is 26.1. The lowest BCUT2D eigenvalue weighted by molar-refractivity contribution is 0.0696. The highest BCUT2D eigenvalue weighted by atomic mass is 35.5. The van der Waals surface area contributed by atoms with E-state index in [9.17, 15) is 9.59 Å². The number of aromatic carboxylic acids is 1. The molecule has 7 heteroatoms. The van der Waals surface area contributed by atoms with Crippen LogP contribution in [0.4, 0.5) is 5.69 Å². The molecule has 0 atom stereocenters. The minimum Gasteiger partial charge on any atom is -0.478 e. The first-order valence-corrected chi connectivity index (χ1v) is 5.19. The van der Waals surface area contributed by atoms with Crippen LogP contribution in [0, 0.1) is 0 Å². The van der Waals surface area contributed by atoms with E-state index in [1.54, 1.807) is 0 Å². The minimum absolute atomic E-state index is 0.0229. The Balaban J connectivity index is 2.16. The molecule has 1 amide bonds. The van der Waals surface area contributed by atoms with Crippen molar-refractivity contribution in [1.29, 1.82) is 0 Å². The van der Waals surface area contributed by atoms with Gasteiger partial charge in [-0.25, -0.2) is 4.79 Å². The summed E-state index contributed by atoms with van der Waals surface area (Å²) >= 11 is 5.54. The number of anilines is 1. The second-order valence-corrected chi connectivity index (χ2v) is 3.70. The van der Waals surface area contributed by atoms with Crippen molar-refractivity contribution in [2.45, 2.75) is 0 Å². The third-order valence-corrected chi connectivity index (χ3v) is 2.24. The van der Waals surface area contributed by atoms with E-state index in [2.05, 4.69) is 10.3 Å². The predicted octanol–water partition coefficient (Wildman–Crippen LogP) is 2.28. The summed E-state index contributed by atoms with van der Waals surface area (Å²) in [6.45, 7) is 0. The summed E-state index contributed by atoms with van der Waals surface area (Å²) in [5, 5.41) is 11.3. The number of nitrogens with one attached hydrogen (secondary N) is 1. The van der Waals surface area contributed by atoms with Gasteiger partial charge in [0.1, 0.15) is 0 Å². The van der Waals surface area contributed by atoms with Crippen molar-refractivity contribution >= 4 is 29.2 Å². The zero-order chi connectivity index (χ0) is 13.1. The van der Waals surface area contributed by atoms with E-state index in [1.165, 1.54) is 30.6 Å². The van der Waals surface area contributed by atoms with E-state index in [4.69, 9.17) is 21.1 Å². The van der Waals surface area contributed by atoms with Crippen LogP contribution in [0.1, 0.15) is 20.9 Å². The lowest BCUT2D eigenvalue weighted by Gasteiger charge is -2.03. The molecule has 0 radical (unpaired) electrons. The van der Waals surface area contributed by atoms with Crippen LogP contribution in [0.5, 0.6) is 0 Å². The van der Waals surface area contributed by atoms with Gasteiger partial charge in [-0.1, -0.05) is 0 Å². The Bertz CT molecular complexity index is 609. The van der Waals surface area contributed by atoms with Crippen molar-refractivity contribution in [1.82, 2.24) is 4.98 Å². The molecule has 0 saturated carbocycles. The van der Waals surface area contributed by atoms with Crippen molar-refractivity contribution < 1.29 is 19.1 Å². The minimum atomic E-state index is -1.13. The Morgan fingerprint density at radius 2 is 2.11 bits per heavy atom. The van der Waals surface area contributed by atoms with Crippen molar-refractivity contribution in [3.05, 3.63) is 47.1 Å². The Morgan fingerprint density at radius 3 is 2.72 bits per heavy atom. The van der Waals surface area contributed by atoms with Gasteiger partial charge in [0, 0.05) is 6.20 Å². The first kappa shape index (κ1) is 12.1. The SMILES string of the molecule is O=C(O)c1cncc(NC(=O)c2ccc(Cl)o2)c1. The molecule has 0 aromatic carbocycles. The highest BCUT2D eigenvalue weighted by molar-refractivity contribution is 6.29. The number of hydrogen-bond donors (Lipinski definition) is 2. The van der Waals surface area contributed by atoms with Crippen LogP contribution in [0.25, 0.3) is 0 Å². The molecule has 0 bridgehead atoms. The summed E-state index contributed by atoms with van der Waals surface area (Å²) in [5.41, 5.74) is 0.234. The maximum Gasteiger partial charge on any atom is 0.337 e. The molecule has 0 unspecified atom stereocenters. The standard InChI is InChI=1S/C11H7ClN2O4/c12-9-2-1-8(18-9)10(15)14-7-3-6(11(16)17)4-13-5-7/h1-5H,(H,14,15)(H,16,17). The van der Waals surface area contributed by atoms with Crippen LogP contribution in [0.3, 0.4) is 0 Å². The van der Waals surface area contributed by atoms with Gasteiger partial charge < -0.3 is 14.8 Å². The van der Waals surface area contributed by atoms with Gasteiger partial charge in [-0.05, 0) is 29.8 Å². The first-order chi connectivity index (χ1) is 8.56. The number of furan rings is 1. The maximum absolute atomic E-state index is 11.7. The molecular formula is C11H7ClN2O4. The highest BCUT2D eigenvalue weighted by Gasteiger charge is 2.12. The highest BCUT2D eigenvalue weighted by Crippen LogP contribution is 2.15. The lowest BCUT2D eigenvalue weighted by atomic mass is 10.2. The lowest BCUT2D eigenvalue weighted by Crippen LogP contribution is -2.11. The summed E-state index contributed by atoms with van der Waals surface area (Å²) in [6, 6.07) is 4.13. The molecule has 18 heavy (non-hydrogen) atoms. The van der Waals surface area contributed by atoms with Crippen molar-refractivity contribution in [2.75, 3.05) is 5.32 Å². The van der Waals surface area contributed by atoms with Crippen molar-refractivity contribution in [3.63, 3.8) is 0 Å². The average Bonchev–Trinajstić information content (AvgIpc) is 2.76. The second-order valence-electron chi connectivity index (χ2n) is 3.33. The molecule has 0 fully saturated rings. The maximum atomic E-state index is 11.7. The largest absolute Gasteiger partial charge is 0.478 e. The number of aromatic nitrogens is 1. The van der Waals surface area contributed by atoms with Crippen molar-refractivity contribution in [2.24, 2.45) is 0 Å². The molecule has 0 spiro atoms. The topological polar surface area (TPSA) is 92.4 Å². The van der Waals surface area contributed by atoms with Crippen LogP contribution < -0.4 is 5.32 Å². The molecule has 6 nitrogen and oxygen atoms in total. The summed E-state index contributed by atoms with van der Waals surface area (Å²) in [5.74, 6) is -1.63. The van der Waals surface area contributed by atoms with Gasteiger partial charge in [-0.3, -0.25) is 9.78 Å². The van der Waals surface area contributed by atoms with E-state index < -0.39 is 11.9 Å². The Morgan fingerprint density at radius 1 is 1.33 bits per heavy atom. The van der Waals surface area contributed by atoms with Gasteiger partial charge in [0.05, 0.1) is 17.4 Å². The quantitative estimate of drug-likeness (QED) is 0.889. The Kier molecular flexibility index (Phi) is 3.29. The Labute approximate surface area is 106 Å². The summed E-state index contributed by atoms with van der Waals surface area (Å²) < 4.78 is 4.91. The third-order valence-electron chi connectivity index (χ3n) is 2.04. The number of carbonyl (C=O) groups is 2. The third kappa shape index (κ3) is 2.67. The molecule has 92 valence electrons. The van der Waals surface area contributed by atoms with E-state index in [1.807, 2.05) is 0 Å². The van der Waals surface area contributed by atoms with Gasteiger partial charge in [-0.15, -0.1) is 0 Å². The molecule has 2 rings (SSSR count). The molecule has 2 aromatic rings. The predicted molar refractivity (Wildman–Crippen MR) is 62.9 cm³/mol. The van der Waals surface area contributed by atoms with Crippen LogP contribution >= 0.6 is 11.6 Å². The number of halogens is 1. The van der Waals surface area contributed by atoms with Crippen molar-refractivity contribution in [3.8, 4) is 0 Å². The number of pyridine rings is 1. The summed E-state index contributed by atoms with van der Waals surface area (Å²) in [6.07, 6.45) is 2.51. The average molecular weight is 267 g/mol. The number of carboxylic acids is 1. The molecule has 0 aliphatic heterocycles. The van der Waals surface area contributed by atoms with Crippen LogP contribution in [-0.4, -0.2) is 22.0 Å². The van der Waals surface area contributed by atoms with Gasteiger partial charge in [0.2, 0.25) is 0 Å². The molecular weight excluding hydrogens is 260 g/mol. The number of carbonyl (C=O) groups excluding carboxylic acids is 1. The molecule has 2 aromatic heterocycles. The summed E-state index contributed by atoms with van der Waals surface area (Å²) in [7, 11) is 0. The number of nitrogens with zero attached hydrogens (tertiary/aromatic N) is 1. The zero-order valence-corrected chi connectivity index (χ0v) is 9.64. The monoisotopic (exact) mass is 266 g/mol. The normalized spacial score (nSPS) is 10.1. The first-order valence-electron chi connectivity index (χ1n) is 4.81. The number of rotatable bonds is 3. The van der Waals surface area contributed by atoms with E-state index in [-0.39, 0.29) is 22.2 Å². The van der Waals surface area contributed by atoms with Crippen LogP contribution in [0.15, 0.2) is 35.0 Å². The fourth-order valence-corrected chi connectivity index (χ4v) is 1.40. The van der Waals surface area contributed by atoms with Gasteiger partial charge in [0.25, 0.3) is 5.91 Å². The van der Waals surface area contributed by atoms with E-state index in [0.29, 0.717) is 0 Å². The molecule has 0 aliphatic carbocycles. The van der Waals surface area contributed by atoms with Gasteiger partial charge >= 0.3 is 5.97 Å². The van der Waals surface area contributed by atoms with Crippen LogP contribution in [0.2, 0.25) is 5.22 Å². The van der Waals surface area contributed by atoms with Gasteiger partial charge in [-0.2, -0.15) is 0 Å². The Hall–Kier alpha value is -2.34. The molecule has 0 aliphatic rings. The van der Waals surface area contributed by atoms with Crippen LogP contribution in [-0.2, 0) is 0 Å². The number of hydrogen-bond acceptors (Lipinski definition) is 4. The zero-order valence-electron chi connectivity index (χ0n) is 8.88.